The van der Waals surface area contributed by atoms with Crippen molar-refractivity contribution in [1.82, 2.24) is 19.9 Å². The largest absolute Gasteiger partial charge is 0.439 e. The molecule has 1 N–H and O–H groups in total. The van der Waals surface area contributed by atoms with Crippen LogP contribution in [0.1, 0.15) is 18.7 Å². The van der Waals surface area contributed by atoms with Crippen LogP contribution >= 0.6 is 0 Å². The molecule has 1 amide bonds. The summed E-state index contributed by atoms with van der Waals surface area (Å²) in [7, 11) is 0. The van der Waals surface area contributed by atoms with E-state index in [1.807, 2.05) is 36.4 Å². The number of fused-ring (bicyclic) bond motifs is 2. The Morgan fingerprint density at radius 1 is 1.07 bits per heavy atom. The number of carbonyl (C=O) groups excluding carboxylic acids is 1. The second-order valence-electron chi connectivity index (χ2n) is 6.22. The van der Waals surface area contributed by atoms with Crippen LogP contribution in [-0.2, 0) is 17.9 Å². The van der Waals surface area contributed by atoms with Gasteiger partial charge in [-0.25, -0.2) is 9.97 Å². The van der Waals surface area contributed by atoms with E-state index in [4.69, 9.17) is 4.42 Å². The lowest BCUT2D eigenvalue weighted by Gasteiger charge is -2.06. The van der Waals surface area contributed by atoms with Gasteiger partial charge in [0.05, 0.1) is 23.8 Å². The van der Waals surface area contributed by atoms with Crippen molar-refractivity contribution in [3.63, 3.8) is 0 Å². The second kappa shape index (κ2) is 7.41. The summed E-state index contributed by atoms with van der Waals surface area (Å²) >= 11 is 0. The lowest BCUT2D eigenvalue weighted by molar-refractivity contribution is -0.121. The van der Waals surface area contributed by atoms with E-state index < -0.39 is 0 Å². The van der Waals surface area contributed by atoms with Gasteiger partial charge >= 0.3 is 0 Å². The average molecular weight is 362 g/mol. The van der Waals surface area contributed by atoms with Gasteiger partial charge < -0.3 is 9.73 Å². The van der Waals surface area contributed by atoms with Crippen LogP contribution in [-0.4, -0.2) is 20.4 Å². The highest BCUT2D eigenvalue weighted by Crippen LogP contribution is 2.14. The van der Waals surface area contributed by atoms with E-state index >= 15 is 0 Å². The Labute approximate surface area is 154 Å². The first-order valence-corrected chi connectivity index (χ1v) is 8.76. The molecule has 2 heterocycles. The van der Waals surface area contributed by atoms with Crippen molar-refractivity contribution in [1.29, 1.82) is 0 Å². The number of hydrogen-bond acceptors (Lipinski definition) is 5. The zero-order valence-electron chi connectivity index (χ0n) is 14.6. The minimum atomic E-state index is -0.112. The molecule has 0 fully saturated rings. The van der Waals surface area contributed by atoms with Crippen LogP contribution < -0.4 is 10.9 Å². The van der Waals surface area contributed by atoms with Crippen molar-refractivity contribution in [2.24, 2.45) is 0 Å². The molecule has 27 heavy (non-hydrogen) atoms. The Hall–Kier alpha value is -3.48. The third kappa shape index (κ3) is 3.72. The van der Waals surface area contributed by atoms with E-state index in [1.165, 1.54) is 10.9 Å². The number of para-hydroxylation sites is 3. The van der Waals surface area contributed by atoms with Gasteiger partial charge in [0.2, 0.25) is 11.8 Å². The van der Waals surface area contributed by atoms with Gasteiger partial charge in [-0.15, -0.1) is 0 Å². The van der Waals surface area contributed by atoms with Gasteiger partial charge in [0.15, 0.2) is 5.58 Å². The SMILES string of the molecule is O=C(CCCn1cnc2ccccc2c1=O)NCc1nc2ccccc2o1. The van der Waals surface area contributed by atoms with Crippen molar-refractivity contribution in [3.8, 4) is 0 Å². The number of aromatic nitrogens is 3. The van der Waals surface area contributed by atoms with Gasteiger partial charge in [0, 0.05) is 13.0 Å². The number of oxazole rings is 1. The van der Waals surface area contributed by atoms with Crippen LogP contribution in [0.15, 0.2) is 64.1 Å². The van der Waals surface area contributed by atoms with Crippen molar-refractivity contribution in [2.75, 3.05) is 0 Å². The maximum atomic E-state index is 12.4. The summed E-state index contributed by atoms with van der Waals surface area (Å²) in [6.07, 6.45) is 2.37. The summed E-state index contributed by atoms with van der Waals surface area (Å²) in [5, 5.41) is 3.38. The first-order valence-electron chi connectivity index (χ1n) is 8.76. The molecule has 0 atom stereocenters. The van der Waals surface area contributed by atoms with E-state index in [1.54, 1.807) is 12.1 Å². The summed E-state index contributed by atoms with van der Waals surface area (Å²) in [5.74, 6) is 0.360. The highest BCUT2D eigenvalue weighted by atomic mass is 16.3. The van der Waals surface area contributed by atoms with Crippen molar-refractivity contribution < 1.29 is 9.21 Å². The van der Waals surface area contributed by atoms with Crippen molar-refractivity contribution >= 4 is 27.9 Å². The molecule has 0 bridgehead atoms. The number of nitrogens with one attached hydrogen (secondary N) is 1. The fourth-order valence-corrected chi connectivity index (χ4v) is 2.93. The minimum absolute atomic E-state index is 0.0903. The molecule has 2 aromatic carbocycles. The standard InChI is InChI=1S/C20H18N4O3/c25-18(21-12-19-23-16-8-3-4-9-17(16)27-19)10-5-11-24-13-22-15-7-2-1-6-14(15)20(24)26/h1-4,6-9,13H,5,10-12H2,(H,21,25). The Kier molecular flexibility index (Phi) is 4.65. The smallest absolute Gasteiger partial charge is 0.261 e. The van der Waals surface area contributed by atoms with Gasteiger partial charge in [-0.3, -0.25) is 14.2 Å². The molecule has 4 aromatic rings. The maximum Gasteiger partial charge on any atom is 0.261 e. The van der Waals surface area contributed by atoms with Crippen LogP contribution in [0.2, 0.25) is 0 Å². The van der Waals surface area contributed by atoms with Gasteiger partial charge in [0.1, 0.15) is 5.52 Å². The highest BCUT2D eigenvalue weighted by molar-refractivity contribution is 5.77. The summed E-state index contributed by atoms with van der Waals surface area (Å²) in [5.41, 5.74) is 2.05. The van der Waals surface area contributed by atoms with Crippen LogP contribution in [0.25, 0.3) is 22.0 Å². The Morgan fingerprint density at radius 3 is 2.70 bits per heavy atom. The van der Waals surface area contributed by atoms with Gasteiger partial charge in [0.25, 0.3) is 5.56 Å². The van der Waals surface area contributed by atoms with E-state index in [9.17, 15) is 9.59 Å². The summed E-state index contributed by atoms with van der Waals surface area (Å²) in [6, 6.07) is 14.7. The Balaban J connectivity index is 1.30. The molecule has 0 saturated carbocycles. The number of aryl methyl sites for hydroxylation is 1. The maximum absolute atomic E-state index is 12.4. The molecule has 0 saturated heterocycles. The molecule has 136 valence electrons. The van der Waals surface area contributed by atoms with E-state index in [-0.39, 0.29) is 18.0 Å². The molecule has 0 radical (unpaired) electrons. The first-order chi connectivity index (χ1) is 13.2. The molecule has 2 aromatic heterocycles. The molecule has 4 rings (SSSR count). The average Bonchev–Trinajstić information content (AvgIpc) is 3.11. The van der Waals surface area contributed by atoms with Crippen LogP contribution in [0, 0.1) is 0 Å². The van der Waals surface area contributed by atoms with Gasteiger partial charge in [-0.2, -0.15) is 0 Å². The summed E-state index contributed by atoms with van der Waals surface area (Å²) in [4.78, 5) is 33.0. The number of benzene rings is 2. The molecule has 0 aliphatic heterocycles. The fourth-order valence-electron chi connectivity index (χ4n) is 2.93. The normalized spacial score (nSPS) is 11.1. The van der Waals surface area contributed by atoms with Crippen molar-refractivity contribution in [2.45, 2.75) is 25.9 Å². The summed E-state index contributed by atoms with van der Waals surface area (Å²) in [6.45, 7) is 0.679. The molecule has 0 unspecified atom stereocenters. The molecule has 7 nitrogen and oxygen atoms in total. The highest BCUT2D eigenvalue weighted by Gasteiger charge is 2.08. The molecule has 0 aliphatic rings. The van der Waals surface area contributed by atoms with E-state index in [0.29, 0.717) is 41.8 Å². The predicted molar refractivity (Wildman–Crippen MR) is 101 cm³/mol. The monoisotopic (exact) mass is 362 g/mol. The zero-order valence-corrected chi connectivity index (χ0v) is 14.6. The molecule has 0 aliphatic carbocycles. The number of amides is 1. The number of rotatable bonds is 6. The number of nitrogens with zero attached hydrogens (tertiary/aromatic N) is 3. The molecule has 7 heteroatoms. The first kappa shape index (κ1) is 17.0. The third-order valence-electron chi connectivity index (χ3n) is 4.31. The van der Waals surface area contributed by atoms with Crippen molar-refractivity contribution in [3.05, 3.63) is 71.1 Å². The second-order valence-corrected chi connectivity index (χ2v) is 6.22. The topological polar surface area (TPSA) is 90.0 Å². The number of hydrogen-bond donors (Lipinski definition) is 1. The molecule has 0 spiro atoms. The van der Waals surface area contributed by atoms with Crippen LogP contribution in [0.3, 0.4) is 0 Å². The Bertz CT molecular complexity index is 1130. The van der Waals surface area contributed by atoms with Gasteiger partial charge in [-0.1, -0.05) is 24.3 Å². The van der Waals surface area contributed by atoms with Gasteiger partial charge in [-0.05, 0) is 30.7 Å². The van der Waals surface area contributed by atoms with E-state index in [0.717, 1.165) is 5.52 Å². The number of carbonyl (C=O) groups is 1. The predicted octanol–water partition coefficient (Wildman–Crippen LogP) is 2.63. The molecular formula is C20H18N4O3. The molecular weight excluding hydrogens is 344 g/mol. The lowest BCUT2D eigenvalue weighted by atomic mass is 10.2. The Morgan fingerprint density at radius 2 is 1.85 bits per heavy atom. The summed E-state index contributed by atoms with van der Waals surface area (Å²) < 4.78 is 7.11. The minimum Gasteiger partial charge on any atom is -0.439 e. The fraction of sp³-hybridized carbons (Fsp3) is 0.200. The van der Waals surface area contributed by atoms with Crippen LogP contribution in [0.5, 0.6) is 0 Å². The third-order valence-corrected chi connectivity index (χ3v) is 4.31. The van der Waals surface area contributed by atoms with Crippen LogP contribution in [0.4, 0.5) is 0 Å². The lowest BCUT2D eigenvalue weighted by Crippen LogP contribution is -2.24. The quantitative estimate of drug-likeness (QED) is 0.569. The zero-order chi connectivity index (χ0) is 18.6. The van der Waals surface area contributed by atoms with E-state index in [2.05, 4.69) is 15.3 Å².